The Morgan fingerprint density at radius 3 is 1.38 bits per heavy atom. The van der Waals surface area contributed by atoms with Crippen molar-refractivity contribution in [1.29, 1.82) is 0 Å². The molecule has 0 amide bonds. The molecule has 0 N–H and O–H groups in total. The Balaban J connectivity index is 0.000000496. The molecule has 0 saturated carbocycles. The van der Waals surface area contributed by atoms with Gasteiger partial charge in [0, 0.05) is 0 Å². The normalized spacial score (nSPS) is 11.5. The van der Waals surface area contributed by atoms with Gasteiger partial charge in [0.2, 0.25) is 0 Å². The van der Waals surface area contributed by atoms with Gasteiger partial charge < -0.3 is 20.2 Å². The number of carboxylic acids is 1. The fraction of sp³-hybridized carbons (Fsp3) is 0.205. The van der Waals surface area contributed by atoms with Crippen molar-refractivity contribution in [1.82, 2.24) is 4.90 Å². The maximum absolute atomic E-state index is 12.8. The Morgan fingerprint density at radius 2 is 0.979 bits per heavy atom. The van der Waals surface area contributed by atoms with E-state index in [1.165, 1.54) is 13.2 Å². The summed E-state index contributed by atoms with van der Waals surface area (Å²) in [5, 5.41) is 43.4. The van der Waals surface area contributed by atoms with E-state index < -0.39 is 25.2 Å². The van der Waals surface area contributed by atoms with Gasteiger partial charge in [0.15, 0.2) is 0 Å². The predicted molar refractivity (Wildman–Crippen MR) is 186 cm³/mol. The Morgan fingerprint density at radius 1 is 0.583 bits per heavy atom. The Hall–Kier alpha value is -3.45. The van der Waals surface area contributed by atoms with Gasteiger partial charge in [-0.25, -0.2) is 0 Å². The minimum absolute atomic E-state index is 0. The number of hydrogen-bond donors (Lipinski definition) is 0. The summed E-state index contributed by atoms with van der Waals surface area (Å²) >= 11 is -3.51. The molecule has 0 bridgehead atoms. The fourth-order valence-corrected chi connectivity index (χ4v) is 16.3. The zero-order valence-corrected chi connectivity index (χ0v) is 31.7. The van der Waals surface area contributed by atoms with Crippen molar-refractivity contribution in [2.75, 3.05) is 39.5 Å². The van der Waals surface area contributed by atoms with Gasteiger partial charge in [-0.1, -0.05) is 0 Å². The molecule has 9 heteroatoms. The van der Waals surface area contributed by atoms with Crippen molar-refractivity contribution < 1.29 is 30.0 Å². The van der Waals surface area contributed by atoms with Gasteiger partial charge in [0.05, 0.1) is 0 Å². The number of nitrogens with zero attached hydrogens (tertiary/aromatic N) is 1. The number of carbonyl (C=O) groups excluding carboxylic acids is 1. The number of hydrogen-bond acceptors (Lipinski definition) is 7. The Labute approximate surface area is 302 Å². The van der Waals surface area contributed by atoms with E-state index in [4.69, 9.17) is 4.74 Å². The van der Waals surface area contributed by atoms with Crippen LogP contribution in [0.25, 0.3) is 0 Å². The summed E-state index contributed by atoms with van der Waals surface area (Å²) in [5.41, 5.74) is 0.686. The van der Waals surface area contributed by atoms with Crippen LogP contribution in [0.15, 0.2) is 146 Å². The van der Waals surface area contributed by atoms with Gasteiger partial charge in [-0.2, -0.15) is 0 Å². The molecule has 5 aromatic rings. The average molecular weight is 809 g/mol. The smallest absolute Gasteiger partial charge is 0.854 e. The van der Waals surface area contributed by atoms with Crippen LogP contribution in [0.1, 0.15) is 11.5 Å². The standard InChI is InChI=1S/C33H28GeO3.C6H12NO3.Sn/c35-33(36)32(26-14-13-23-31(24-26)37-30-21-11-4-12-22-30)25-34(27-15-5-1-6-16-27,28-17-7-2-8-18-28)29-19-9-3-10-20-29;8-4-1-7(2-5-9)3-6-10;/h1-24,32H,25H2,(H,35,36);1-6H2;/q;-3;+4/p-1. The zero-order valence-electron chi connectivity index (χ0n) is 26.8. The van der Waals surface area contributed by atoms with E-state index in [9.17, 15) is 25.2 Å². The van der Waals surface area contributed by atoms with E-state index in [-0.39, 0.29) is 43.7 Å². The summed E-state index contributed by atoms with van der Waals surface area (Å²) in [6.07, 6.45) is 0. The van der Waals surface area contributed by atoms with E-state index in [0.717, 1.165) is 0 Å². The molecule has 1 atom stereocenters. The maximum Gasteiger partial charge on any atom is 4.00 e. The van der Waals surface area contributed by atoms with Crippen molar-refractivity contribution >= 4 is 56.3 Å². The molecule has 0 aliphatic carbocycles. The molecule has 5 aromatic carbocycles. The van der Waals surface area contributed by atoms with E-state index in [2.05, 4.69) is 36.4 Å². The molecule has 1 unspecified atom stereocenters. The third-order valence-electron chi connectivity index (χ3n) is 8.06. The van der Waals surface area contributed by atoms with Crippen molar-refractivity contribution in [3.63, 3.8) is 0 Å². The second kappa shape index (κ2) is 20.8. The Bertz CT molecular complexity index is 1500. The number of rotatable bonds is 15. The van der Waals surface area contributed by atoms with Crippen molar-refractivity contribution in [3.8, 4) is 11.5 Å². The molecule has 244 valence electrons. The quantitative estimate of drug-likeness (QED) is 0.141. The number of para-hydroxylation sites is 1. The van der Waals surface area contributed by atoms with E-state index >= 15 is 0 Å². The number of ether oxygens (including phenoxy) is 1. The van der Waals surface area contributed by atoms with Gasteiger partial charge in [-0.05, 0) is 19.6 Å². The molecule has 0 aromatic heterocycles. The monoisotopic (exact) mass is 811 g/mol. The summed E-state index contributed by atoms with van der Waals surface area (Å²) < 4.78 is 9.67. The topological polar surface area (TPSA) is 122 Å². The van der Waals surface area contributed by atoms with Crippen molar-refractivity contribution in [2.45, 2.75) is 11.2 Å². The number of aliphatic carboxylic acids is 1. The van der Waals surface area contributed by atoms with Gasteiger partial charge in [0.25, 0.3) is 0 Å². The van der Waals surface area contributed by atoms with Crippen LogP contribution in [-0.4, -0.2) is 87.5 Å². The van der Waals surface area contributed by atoms with Crippen molar-refractivity contribution in [2.24, 2.45) is 0 Å². The summed E-state index contributed by atoms with van der Waals surface area (Å²) in [6, 6.07) is 48.1. The molecular weight excluding hydrogens is 770 g/mol. The SMILES string of the molecule is O=C([O-])C([CH2][Ge]([c]1ccccc1)([c]1ccccc1)[c]1ccccc1)c1cccc(Oc2ccccc2)c1.[O-]CCN(CC[O-])CC[O-].[Sn+4]. The molecular formula is C39H39GeNO6Sn. The summed E-state index contributed by atoms with van der Waals surface area (Å²) in [4.78, 5) is 14.4. The van der Waals surface area contributed by atoms with Crippen LogP contribution in [0.4, 0.5) is 0 Å². The molecule has 48 heavy (non-hydrogen) atoms. The number of carbonyl (C=O) groups is 1. The van der Waals surface area contributed by atoms with Crippen LogP contribution in [-0.2, 0) is 4.79 Å². The van der Waals surface area contributed by atoms with Crippen LogP contribution in [0.3, 0.4) is 0 Å². The fourth-order valence-electron chi connectivity index (χ4n) is 5.81. The predicted octanol–water partition coefficient (Wildman–Crippen LogP) is 0.471. The molecule has 0 radical (unpaired) electrons. The van der Waals surface area contributed by atoms with Crippen molar-refractivity contribution in [3.05, 3.63) is 151 Å². The van der Waals surface area contributed by atoms with Gasteiger partial charge in [-0.3, -0.25) is 0 Å². The van der Waals surface area contributed by atoms with Crippen LogP contribution < -0.4 is 38.4 Å². The molecule has 0 saturated heterocycles. The summed E-state index contributed by atoms with van der Waals surface area (Å²) in [7, 11) is 0. The van der Waals surface area contributed by atoms with Crippen LogP contribution >= 0.6 is 0 Å². The average Bonchev–Trinajstić information content (AvgIpc) is 3.11. The van der Waals surface area contributed by atoms with Crippen LogP contribution in [0.2, 0.25) is 5.25 Å². The van der Waals surface area contributed by atoms with Gasteiger partial charge in [-0.15, -0.1) is 19.8 Å². The second-order valence-corrected chi connectivity index (χ2v) is 19.3. The van der Waals surface area contributed by atoms with Crippen LogP contribution in [0, 0.1) is 0 Å². The van der Waals surface area contributed by atoms with E-state index in [1.54, 1.807) is 4.90 Å². The molecule has 0 spiro atoms. The first kappa shape index (κ1) is 39.0. The number of benzene rings is 5. The first-order chi connectivity index (χ1) is 23.0. The zero-order chi connectivity index (χ0) is 33.3. The summed E-state index contributed by atoms with van der Waals surface area (Å²) in [5.74, 6) is -0.573. The molecule has 5 rings (SSSR count). The minimum Gasteiger partial charge on any atom is -0.854 e. The largest absolute Gasteiger partial charge is 4.00 e. The molecule has 7 nitrogen and oxygen atoms in total. The third kappa shape index (κ3) is 10.8. The first-order valence-corrected chi connectivity index (χ1v) is 20.3. The van der Waals surface area contributed by atoms with Gasteiger partial charge >= 0.3 is 245 Å². The Kier molecular flexibility index (Phi) is 16.9. The molecule has 0 aliphatic heterocycles. The van der Waals surface area contributed by atoms with Crippen LogP contribution in [0.5, 0.6) is 11.5 Å². The molecule has 0 heterocycles. The second-order valence-electron chi connectivity index (χ2n) is 11.0. The van der Waals surface area contributed by atoms with E-state index in [1.807, 2.05) is 109 Å². The number of carboxylic acid groups (broad SMARTS) is 1. The maximum atomic E-state index is 12.8. The molecule has 0 fully saturated rings. The minimum atomic E-state index is -3.51. The molecule has 0 aliphatic rings. The van der Waals surface area contributed by atoms with Gasteiger partial charge in [0.1, 0.15) is 0 Å². The first-order valence-electron chi connectivity index (χ1n) is 15.7. The third-order valence-corrected chi connectivity index (χ3v) is 18.5. The summed E-state index contributed by atoms with van der Waals surface area (Å²) in [6.45, 7) is 0.263. The van der Waals surface area contributed by atoms with E-state index in [0.29, 0.717) is 42.0 Å².